The van der Waals surface area contributed by atoms with E-state index in [0.717, 1.165) is 14.9 Å². The average Bonchev–Trinajstić information content (AvgIpc) is 2.82. The summed E-state index contributed by atoms with van der Waals surface area (Å²) in [4.78, 5) is 20.4. The average molecular weight is 382 g/mol. The Balaban J connectivity index is 2.21. The third kappa shape index (κ3) is 2.81. The minimum atomic E-state index is -0.139. The van der Waals surface area contributed by atoms with Crippen LogP contribution < -0.4 is 5.56 Å². The highest BCUT2D eigenvalue weighted by atomic mass is 79.9. The second-order valence-corrected chi connectivity index (χ2v) is 7.00. The number of hydrogen-bond donors (Lipinski definition) is 1. The van der Waals surface area contributed by atoms with Crippen LogP contribution in [0.25, 0.3) is 22.0 Å². The van der Waals surface area contributed by atoms with Gasteiger partial charge in [0.15, 0.2) is 5.82 Å². The number of nitrogens with zero attached hydrogens (tertiary/aromatic N) is 1. The molecule has 0 saturated heterocycles. The molecule has 21 heavy (non-hydrogen) atoms. The topological polar surface area (TPSA) is 45.8 Å². The van der Waals surface area contributed by atoms with Crippen LogP contribution >= 0.6 is 38.9 Å². The Morgan fingerprint density at radius 1 is 1.29 bits per heavy atom. The van der Waals surface area contributed by atoms with Gasteiger partial charge in [-0.3, -0.25) is 4.79 Å². The Kier molecular flexibility index (Phi) is 3.97. The summed E-state index contributed by atoms with van der Waals surface area (Å²) < 4.78 is 1.43. The zero-order chi connectivity index (χ0) is 15.0. The van der Waals surface area contributed by atoms with Gasteiger partial charge in [-0.1, -0.05) is 41.9 Å². The summed E-state index contributed by atoms with van der Waals surface area (Å²) >= 11 is 10.8. The van der Waals surface area contributed by atoms with E-state index in [2.05, 4.69) is 25.9 Å². The molecule has 3 nitrogen and oxygen atoms in total. The number of thiophene rings is 1. The Labute approximate surface area is 138 Å². The van der Waals surface area contributed by atoms with Gasteiger partial charge >= 0.3 is 0 Å². The first-order valence-electron chi connectivity index (χ1n) is 6.18. The molecular weight excluding hydrogens is 372 g/mol. The molecule has 0 fully saturated rings. The van der Waals surface area contributed by atoms with Crippen LogP contribution in [0.4, 0.5) is 0 Å². The van der Waals surface area contributed by atoms with Crippen LogP contribution in [-0.2, 0) is 0 Å². The summed E-state index contributed by atoms with van der Waals surface area (Å²) in [5.41, 5.74) is 2.07. The van der Waals surface area contributed by atoms with Crippen LogP contribution in [0.5, 0.6) is 0 Å². The molecule has 0 radical (unpaired) electrons. The van der Waals surface area contributed by atoms with Crippen molar-refractivity contribution in [3.63, 3.8) is 0 Å². The Hall–Kier alpha value is -1.43. The molecule has 0 aliphatic rings. The standard InChI is InChI=1S/C15H10BrClN2OS/c1-8-12(9-5-3-2-4-6-9)18-14(19-15(8)20)11-7-10(16)13(17)21-11/h2-7H,1H3,(H,18,19,20). The maximum atomic E-state index is 12.2. The predicted molar refractivity (Wildman–Crippen MR) is 91.1 cm³/mol. The van der Waals surface area contributed by atoms with Crippen LogP contribution in [0, 0.1) is 6.92 Å². The number of nitrogens with one attached hydrogen (secondary N) is 1. The molecular formula is C15H10BrClN2OS. The zero-order valence-electron chi connectivity index (χ0n) is 11.0. The molecule has 0 spiro atoms. The van der Waals surface area contributed by atoms with E-state index in [0.29, 0.717) is 21.4 Å². The highest BCUT2D eigenvalue weighted by molar-refractivity contribution is 9.10. The molecule has 2 heterocycles. The lowest BCUT2D eigenvalue weighted by Crippen LogP contribution is -2.13. The van der Waals surface area contributed by atoms with Crippen LogP contribution in [0.1, 0.15) is 5.56 Å². The summed E-state index contributed by atoms with van der Waals surface area (Å²) in [5, 5.41) is 0. The van der Waals surface area contributed by atoms with E-state index in [9.17, 15) is 4.79 Å². The maximum absolute atomic E-state index is 12.2. The quantitative estimate of drug-likeness (QED) is 0.687. The molecule has 3 rings (SSSR count). The van der Waals surface area contributed by atoms with Crippen molar-refractivity contribution in [3.05, 3.63) is 61.1 Å². The normalized spacial score (nSPS) is 10.8. The van der Waals surface area contributed by atoms with Gasteiger partial charge in [0.05, 0.1) is 10.6 Å². The smallest absolute Gasteiger partial charge is 0.254 e. The van der Waals surface area contributed by atoms with Crippen LogP contribution in [0.2, 0.25) is 4.34 Å². The fourth-order valence-corrected chi connectivity index (χ4v) is 3.64. The first-order chi connectivity index (χ1) is 10.1. The highest BCUT2D eigenvalue weighted by Gasteiger charge is 2.13. The van der Waals surface area contributed by atoms with Crippen molar-refractivity contribution in [2.24, 2.45) is 0 Å². The molecule has 0 bridgehead atoms. The van der Waals surface area contributed by atoms with Crippen LogP contribution in [-0.4, -0.2) is 9.97 Å². The Morgan fingerprint density at radius 2 is 2.00 bits per heavy atom. The molecule has 1 aromatic carbocycles. The lowest BCUT2D eigenvalue weighted by molar-refractivity contribution is 1.10. The van der Waals surface area contributed by atoms with Gasteiger partial charge in [0.25, 0.3) is 5.56 Å². The molecule has 6 heteroatoms. The fourth-order valence-electron chi connectivity index (χ4n) is 1.99. The third-order valence-corrected chi connectivity index (χ3v) is 5.56. The first-order valence-corrected chi connectivity index (χ1v) is 8.16. The van der Waals surface area contributed by atoms with E-state index in [1.807, 2.05) is 36.4 Å². The SMILES string of the molecule is Cc1c(-c2ccccc2)nc(-c2cc(Br)c(Cl)s2)[nH]c1=O. The number of aromatic nitrogens is 2. The van der Waals surface area contributed by atoms with Gasteiger partial charge in [-0.25, -0.2) is 4.98 Å². The van der Waals surface area contributed by atoms with Crippen molar-refractivity contribution in [2.75, 3.05) is 0 Å². The number of rotatable bonds is 2. The van der Waals surface area contributed by atoms with E-state index >= 15 is 0 Å². The van der Waals surface area contributed by atoms with Crippen molar-refractivity contribution in [1.82, 2.24) is 9.97 Å². The van der Waals surface area contributed by atoms with Crippen LogP contribution in [0.15, 0.2) is 45.7 Å². The van der Waals surface area contributed by atoms with Crippen molar-refractivity contribution in [3.8, 4) is 22.0 Å². The minimum absolute atomic E-state index is 0.139. The van der Waals surface area contributed by atoms with Gasteiger partial charge in [-0.2, -0.15) is 0 Å². The predicted octanol–water partition coefficient (Wildman–Crippen LogP) is 4.89. The van der Waals surface area contributed by atoms with Gasteiger partial charge < -0.3 is 4.98 Å². The number of benzene rings is 1. The van der Waals surface area contributed by atoms with E-state index < -0.39 is 0 Å². The molecule has 3 aromatic rings. The van der Waals surface area contributed by atoms with Crippen molar-refractivity contribution in [2.45, 2.75) is 6.92 Å². The Bertz CT molecular complexity index is 838. The molecule has 0 amide bonds. The van der Waals surface area contributed by atoms with Crippen LogP contribution in [0.3, 0.4) is 0 Å². The molecule has 0 aliphatic heterocycles. The molecule has 106 valence electrons. The second kappa shape index (κ2) is 5.75. The molecule has 1 N–H and O–H groups in total. The molecule has 0 unspecified atom stereocenters. The first kappa shape index (κ1) is 14.5. The van der Waals surface area contributed by atoms with E-state index in [1.165, 1.54) is 11.3 Å². The minimum Gasteiger partial charge on any atom is -0.306 e. The zero-order valence-corrected chi connectivity index (χ0v) is 14.1. The highest BCUT2D eigenvalue weighted by Crippen LogP contribution is 2.36. The molecule has 0 aliphatic carbocycles. The van der Waals surface area contributed by atoms with E-state index in [1.54, 1.807) is 6.92 Å². The number of halogens is 2. The second-order valence-electron chi connectivity index (χ2n) is 4.49. The van der Waals surface area contributed by atoms with Gasteiger partial charge in [0.2, 0.25) is 0 Å². The number of H-pyrrole nitrogens is 1. The lowest BCUT2D eigenvalue weighted by atomic mass is 10.1. The lowest BCUT2D eigenvalue weighted by Gasteiger charge is -2.06. The van der Waals surface area contributed by atoms with Crippen molar-refractivity contribution >= 4 is 38.9 Å². The summed E-state index contributed by atoms with van der Waals surface area (Å²) in [6.45, 7) is 1.77. The van der Waals surface area contributed by atoms with Gasteiger partial charge in [-0.05, 0) is 28.9 Å². The maximum Gasteiger partial charge on any atom is 0.254 e. The molecule has 0 atom stereocenters. The summed E-state index contributed by atoms with van der Waals surface area (Å²) in [6.07, 6.45) is 0. The molecule has 0 saturated carbocycles. The molecule has 2 aromatic heterocycles. The summed E-state index contributed by atoms with van der Waals surface area (Å²) in [5.74, 6) is 0.530. The number of hydrogen-bond acceptors (Lipinski definition) is 3. The Morgan fingerprint density at radius 3 is 2.62 bits per heavy atom. The summed E-state index contributed by atoms with van der Waals surface area (Å²) in [6, 6.07) is 11.5. The summed E-state index contributed by atoms with van der Waals surface area (Å²) in [7, 11) is 0. The van der Waals surface area contributed by atoms with Gasteiger partial charge in [0.1, 0.15) is 4.34 Å². The van der Waals surface area contributed by atoms with Crippen molar-refractivity contribution < 1.29 is 0 Å². The fraction of sp³-hybridized carbons (Fsp3) is 0.0667. The van der Waals surface area contributed by atoms with E-state index in [-0.39, 0.29) is 5.56 Å². The number of aromatic amines is 1. The largest absolute Gasteiger partial charge is 0.306 e. The van der Waals surface area contributed by atoms with Crippen molar-refractivity contribution in [1.29, 1.82) is 0 Å². The monoisotopic (exact) mass is 380 g/mol. The van der Waals surface area contributed by atoms with Gasteiger partial charge in [-0.15, -0.1) is 11.3 Å². The van der Waals surface area contributed by atoms with Gasteiger partial charge in [0, 0.05) is 15.6 Å². The van der Waals surface area contributed by atoms with E-state index in [4.69, 9.17) is 11.6 Å². The third-order valence-electron chi connectivity index (χ3n) is 3.08.